The standard InChI is InChI=1S/C34H37N9O7/c1-20(2)31(47)39-33-38-30-29(32(48)40-33)37-19-43(30)17-28(46)41-13-11-35-27(45)16-42(14-12-36-26(44)15-41)34(49)50-18-25-23-9-5-3-7-21(23)22-8-4-6-10-24(22)25/h3-10,19-20,25H,11-18H2,1-2H3,(H,35,45)(H,36,44)(H2,38,39,40,47,48). The second-order valence-corrected chi connectivity index (χ2v) is 12.3. The van der Waals surface area contributed by atoms with Crippen LogP contribution in [0, 0.1) is 5.92 Å². The molecule has 1 aliphatic heterocycles. The number of anilines is 1. The van der Waals surface area contributed by atoms with E-state index in [2.05, 4.69) is 30.9 Å². The van der Waals surface area contributed by atoms with Gasteiger partial charge in [-0.3, -0.25) is 39.2 Å². The molecular formula is C34H37N9O7. The van der Waals surface area contributed by atoms with Crippen molar-refractivity contribution in [1.82, 2.24) is 40.0 Å². The lowest BCUT2D eigenvalue weighted by atomic mass is 9.98. The fraction of sp³-hybridized carbons (Fsp3) is 0.353. The molecule has 2 aromatic heterocycles. The number of carbonyl (C=O) groups excluding carboxylic acids is 5. The highest BCUT2D eigenvalue weighted by Gasteiger charge is 2.30. The zero-order chi connectivity index (χ0) is 35.4. The highest BCUT2D eigenvalue weighted by molar-refractivity contribution is 5.91. The summed E-state index contributed by atoms with van der Waals surface area (Å²) in [7, 11) is 0. The SMILES string of the molecule is CC(C)C(=O)Nc1nc2c(ncn2CC(=O)N2CCNC(=O)CN(C(=O)OCC3c4ccccc4-c4ccccc43)CCNC(=O)C2)c(=O)[nH]1. The van der Waals surface area contributed by atoms with Crippen LogP contribution in [-0.4, -0.2) is 105 Å². The van der Waals surface area contributed by atoms with Gasteiger partial charge >= 0.3 is 6.09 Å². The lowest BCUT2D eigenvalue weighted by molar-refractivity contribution is -0.136. The first-order valence-electron chi connectivity index (χ1n) is 16.3. The van der Waals surface area contributed by atoms with Crippen LogP contribution in [0.2, 0.25) is 0 Å². The molecule has 2 aromatic carbocycles. The number of carbonyl (C=O) groups is 5. The number of rotatable bonds is 6. The van der Waals surface area contributed by atoms with Crippen LogP contribution in [0.5, 0.6) is 0 Å². The molecule has 50 heavy (non-hydrogen) atoms. The van der Waals surface area contributed by atoms with Crippen molar-refractivity contribution >= 4 is 46.8 Å². The van der Waals surface area contributed by atoms with E-state index in [1.165, 1.54) is 20.7 Å². The number of H-pyrrole nitrogens is 1. The highest BCUT2D eigenvalue weighted by atomic mass is 16.6. The van der Waals surface area contributed by atoms with Crippen molar-refractivity contribution in [3.05, 3.63) is 76.3 Å². The fourth-order valence-electron chi connectivity index (χ4n) is 5.97. The summed E-state index contributed by atoms with van der Waals surface area (Å²) < 4.78 is 7.08. The van der Waals surface area contributed by atoms with Gasteiger partial charge in [0.15, 0.2) is 11.2 Å². The normalized spacial score (nSPS) is 15.4. The molecule has 16 heteroatoms. The predicted octanol–water partition coefficient (Wildman–Crippen LogP) is 1.04. The Hall–Kier alpha value is -6.06. The maximum absolute atomic E-state index is 13.4. The van der Waals surface area contributed by atoms with Crippen molar-refractivity contribution in [2.45, 2.75) is 26.3 Å². The third-order valence-corrected chi connectivity index (χ3v) is 8.57. The van der Waals surface area contributed by atoms with E-state index in [0.717, 1.165) is 22.3 Å². The third-order valence-electron chi connectivity index (χ3n) is 8.57. The van der Waals surface area contributed by atoms with E-state index >= 15 is 0 Å². The second kappa shape index (κ2) is 14.6. The molecule has 0 radical (unpaired) electrons. The molecule has 1 fully saturated rings. The molecule has 2 aliphatic rings. The maximum atomic E-state index is 13.4. The predicted molar refractivity (Wildman–Crippen MR) is 181 cm³/mol. The monoisotopic (exact) mass is 683 g/mol. The Morgan fingerprint density at radius 1 is 0.900 bits per heavy atom. The summed E-state index contributed by atoms with van der Waals surface area (Å²) in [5, 5.41) is 7.94. The van der Waals surface area contributed by atoms with Gasteiger partial charge in [0.2, 0.25) is 29.6 Å². The van der Waals surface area contributed by atoms with Crippen LogP contribution in [0.4, 0.5) is 10.7 Å². The molecule has 0 unspecified atom stereocenters. The van der Waals surface area contributed by atoms with E-state index in [1.807, 2.05) is 48.5 Å². The highest BCUT2D eigenvalue weighted by Crippen LogP contribution is 2.44. The summed E-state index contributed by atoms with van der Waals surface area (Å²) >= 11 is 0. The van der Waals surface area contributed by atoms with Gasteiger partial charge in [0, 0.05) is 38.0 Å². The molecule has 6 rings (SSSR count). The summed E-state index contributed by atoms with van der Waals surface area (Å²) in [5.41, 5.74) is 3.76. The first-order valence-corrected chi connectivity index (χ1v) is 16.3. The largest absolute Gasteiger partial charge is 0.448 e. The van der Waals surface area contributed by atoms with E-state index < -0.39 is 29.4 Å². The lowest BCUT2D eigenvalue weighted by Gasteiger charge is -2.26. The molecule has 4 aromatic rings. The minimum absolute atomic E-state index is 0.000697. The quantitative estimate of drug-likeness (QED) is 0.229. The van der Waals surface area contributed by atoms with Crippen LogP contribution < -0.4 is 21.5 Å². The molecule has 1 saturated heterocycles. The van der Waals surface area contributed by atoms with Crippen LogP contribution in [0.1, 0.15) is 30.9 Å². The lowest BCUT2D eigenvalue weighted by Crippen LogP contribution is -2.50. The molecule has 0 spiro atoms. The zero-order valence-corrected chi connectivity index (χ0v) is 27.6. The molecule has 0 atom stereocenters. The molecule has 4 N–H and O–H groups in total. The number of aromatic nitrogens is 4. The van der Waals surface area contributed by atoms with Crippen LogP contribution in [0.15, 0.2) is 59.7 Å². The average molecular weight is 684 g/mol. The Kier molecular flexibility index (Phi) is 9.87. The number of amides is 5. The number of fused-ring (bicyclic) bond motifs is 4. The molecule has 3 heterocycles. The topological polar surface area (TPSA) is 201 Å². The van der Waals surface area contributed by atoms with Crippen molar-refractivity contribution < 1.29 is 28.7 Å². The number of nitrogens with zero attached hydrogens (tertiary/aromatic N) is 5. The van der Waals surface area contributed by atoms with Crippen molar-refractivity contribution in [1.29, 1.82) is 0 Å². The number of benzene rings is 2. The van der Waals surface area contributed by atoms with E-state index in [9.17, 15) is 28.8 Å². The van der Waals surface area contributed by atoms with E-state index in [4.69, 9.17) is 4.74 Å². The number of hydrogen-bond acceptors (Lipinski definition) is 9. The Balaban J connectivity index is 1.07. The van der Waals surface area contributed by atoms with Crippen LogP contribution >= 0.6 is 0 Å². The van der Waals surface area contributed by atoms with Gasteiger partial charge in [0.05, 0.1) is 12.9 Å². The molecule has 260 valence electrons. The van der Waals surface area contributed by atoms with Gasteiger partial charge in [-0.05, 0) is 22.3 Å². The first-order chi connectivity index (χ1) is 24.1. The molecular weight excluding hydrogens is 646 g/mol. The summed E-state index contributed by atoms with van der Waals surface area (Å²) in [6, 6.07) is 15.9. The molecule has 0 bridgehead atoms. The third kappa shape index (κ3) is 7.33. The van der Waals surface area contributed by atoms with Crippen LogP contribution in [-0.2, 0) is 30.5 Å². The minimum atomic E-state index is -0.683. The molecule has 16 nitrogen and oxygen atoms in total. The number of ether oxygens (including phenoxy) is 1. The zero-order valence-electron chi connectivity index (χ0n) is 27.6. The first kappa shape index (κ1) is 33.8. The van der Waals surface area contributed by atoms with Crippen molar-refractivity contribution in [2.75, 3.05) is 51.2 Å². The van der Waals surface area contributed by atoms with Crippen molar-refractivity contribution in [2.24, 2.45) is 5.92 Å². The Labute approximate surface area is 286 Å². The van der Waals surface area contributed by atoms with Crippen molar-refractivity contribution in [3.63, 3.8) is 0 Å². The molecule has 5 amide bonds. The maximum Gasteiger partial charge on any atom is 0.410 e. The average Bonchev–Trinajstić information content (AvgIpc) is 3.64. The number of imidazole rings is 1. The summed E-state index contributed by atoms with van der Waals surface area (Å²) in [6.45, 7) is 2.51. The molecule has 1 aliphatic carbocycles. The summed E-state index contributed by atoms with van der Waals surface area (Å²) in [6.07, 6.45) is 0.590. The minimum Gasteiger partial charge on any atom is -0.448 e. The Morgan fingerprint density at radius 2 is 1.50 bits per heavy atom. The smallest absolute Gasteiger partial charge is 0.410 e. The van der Waals surface area contributed by atoms with E-state index in [-0.39, 0.29) is 87.3 Å². The van der Waals surface area contributed by atoms with Gasteiger partial charge in [0.1, 0.15) is 19.7 Å². The summed E-state index contributed by atoms with van der Waals surface area (Å²) in [5.74, 6) is -2.39. The number of aromatic amines is 1. The Morgan fingerprint density at radius 3 is 2.14 bits per heavy atom. The van der Waals surface area contributed by atoms with Gasteiger partial charge < -0.3 is 24.8 Å². The van der Waals surface area contributed by atoms with E-state index in [0.29, 0.717) is 0 Å². The van der Waals surface area contributed by atoms with Gasteiger partial charge in [0.25, 0.3) is 5.56 Å². The second-order valence-electron chi connectivity index (χ2n) is 12.3. The summed E-state index contributed by atoms with van der Waals surface area (Å²) in [4.78, 5) is 90.4. The van der Waals surface area contributed by atoms with Gasteiger partial charge in [-0.1, -0.05) is 62.4 Å². The fourth-order valence-corrected chi connectivity index (χ4v) is 5.97. The van der Waals surface area contributed by atoms with Crippen molar-refractivity contribution in [3.8, 4) is 11.1 Å². The van der Waals surface area contributed by atoms with Crippen LogP contribution in [0.3, 0.4) is 0 Å². The van der Waals surface area contributed by atoms with Gasteiger partial charge in [-0.15, -0.1) is 0 Å². The van der Waals surface area contributed by atoms with E-state index in [1.54, 1.807) is 13.8 Å². The number of nitrogens with one attached hydrogen (secondary N) is 4. The Bertz CT molecular complexity index is 1980. The van der Waals surface area contributed by atoms with Gasteiger partial charge in [-0.25, -0.2) is 9.78 Å². The van der Waals surface area contributed by atoms with Gasteiger partial charge in [-0.2, -0.15) is 4.98 Å². The number of hydrogen-bond donors (Lipinski definition) is 4. The van der Waals surface area contributed by atoms with Crippen LogP contribution in [0.25, 0.3) is 22.3 Å². The molecule has 0 saturated carbocycles.